The molecule has 2 aliphatic rings. The van der Waals surface area contributed by atoms with E-state index in [2.05, 4.69) is 25.1 Å². The number of rotatable bonds is 4. The molecule has 1 aromatic heterocycles. The van der Waals surface area contributed by atoms with Gasteiger partial charge in [0.15, 0.2) is 0 Å². The van der Waals surface area contributed by atoms with Gasteiger partial charge in [-0.2, -0.15) is 0 Å². The SMILES string of the molecule is CCc1ccc(Cc2cc(C3CC(C)[C@@H](O)C(O)C3)c3c(c2Cl)OCC3)s1. The molecule has 1 aliphatic heterocycles. The van der Waals surface area contributed by atoms with Crippen LogP contribution in [-0.2, 0) is 19.3 Å². The Morgan fingerprint density at radius 2 is 2.00 bits per heavy atom. The van der Waals surface area contributed by atoms with Gasteiger partial charge in [-0.3, -0.25) is 0 Å². The summed E-state index contributed by atoms with van der Waals surface area (Å²) in [6, 6.07) is 6.62. The molecule has 3 nitrogen and oxygen atoms in total. The monoisotopic (exact) mass is 406 g/mol. The molecule has 0 bridgehead atoms. The average molecular weight is 407 g/mol. The molecular formula is C22H27ClO3S. The number of aliphatic hydroxyl groups is 2. The molecule has 146 valence electrons. The summed E-state index contributed by atoms with van der Waals surface area (Å²) in [5.74, 6) is 1.16. The normalized spacial score (nSPS) is 27.4. The maximum absolute atomic E-state index is 10.3. The van der Waals surface area contributed by atoms with Crippen LogP contribution >= 0.6 is 22.9 Å². The summed E-state index contributed by atoms with van der Waals surface area (Å²) in [4.78, 5) is 2.70. The van der Waals surface area contributed by atoms with Crippen molar-refractivity contribution < 1.29 is 14.9 Å². The molecular weight excluding hydrogens is 380 g/mol. The van der Waals surface area contributed by atoms with Gasteiger partial charge in [0.1, 0.15) is 5.75 Å². The molecule has 0 amide bonds. The highest BCUT2D eigenvalue weighted by atomic mass is 35.5. The molecule has 3 unspecified atom stereocenters. The van der Waals surface area contributed by atoms with E-state index in [9.17, 15) is 10.2 Å². The Kier molecular flexibility index (Phi) is 5.52. The van der Waals surface area contributed by atoms with Crippen molar-refractivity contribution in [3.63, 3.8) is 0 Å². The van der Waals surface area contributed by atoms with Crippen LogP contribution in [0.5, 0.6) is 5.75 Å². The lowest BCUT2D eigenvalue weighted by atomic mass is 9.74. The highest BCUT2D eigenvalue weighted by Gasteiger charge is 2.36. The Morgan fingerprint density at radius 1 is 1.22 bits per heavy atom. The van der Waals surface area contributed by atoms with Crippen LogP contribution in [-0.4, -0.2) is 29.0 Å². The zero-order valence-electron chi connectivity index (χ0n) is 15.9. The molecule has 5 heteroatoms. The maximum Gasteiger partial charge on any atom is 0.141 e. The summed E-state index contributed by atoms with van der Waals surface area (Å²) >= 11 is 8.57. The zero-order valence-corrected chi connectivity index (χ0v) is 17.4. The number of aliphatic hydroxyl groups excluding tert-OH is 2. The van der Waals surface area contributed by atoms with Crippen LogP contribution in [0.1, 0.15) is 59.1 Å². The first-order valence-electron chi connectivity index (χ1n) is 9.88. The van der Waals surface area contributed by atoms with Crippen molar-refractivity contribution in [3.8, 4) is 5.75 Å². The molecule has 1 aliphatic carbocycles. The van der Waals surface area contributed by atoms with Crippen molar-refractivity contribution in [1.29, 1.82) is 0 Å². The lowest BCUT2D eigenvalue weighted by Gasteiger charge is -2.36. The fraction of sp³-hybridized carbons (Fsp3) is 0.545. The Labute approximate surface area is 170 Å². The van der Waals surface area contributed by atoms with Crippen LogP contribution in [0.15, 0.2) is 18.2 Å². The van der Waals surface area contributed by atoms with Gasteiger partial charge in [0.05, 0.1) is 23.8 Å². The second kappa shape index (κ2) is 7.75. The number of aryl methyl sites for hydroxylation is 1. The molecule has 1 fully saturated rings. The van der Waals surface area contributed by atoms with Crippen LogP contribution in [0.4, 0.5) is 0 Å². The lowest BCUT2D eigenvalue weighted by molar-refractivity contribution is -0.0457. The fourth-order valence-corrected chi connectivity index (χ4v) is 5.82. The third-order valence-electron chi connectivity index (χ3n) is 6.06. The second-order valence-corrected chi connectivity index (χ2v) is 9.58. The number of hydrogen-bond donors (Lipinski definition) is 2. The quantitative estimate of drug-likeness (QED) is 0.772. The molecule has 0 saturated heterocycles. The Morgan fingerprint density at radius 3 is 2.70 bits per heavy atom. The Bertz CT molecular complexity index is 819. The Balaban J connectivity index is 1.70. The van der Waals surface area contributed by atoms with Crippen LogP contribution in [0.3, 0.4) is 0 Å². The van der Waals surface area contributed by atoms with E-state index in [1.165, 1.54) is 20.9 Å². The van der Waals surface area contributed by atoms with E-state index in [4.69, 9.17) is 16.3 Å². The summed E-state index contributed by atoms with van der Waals surface area (Å²) < 4.78 is 5.90. The van der Waals surface area contributed by atoms with E-state index in [0.717, 1.165) is 42.0 Å². The molecule has 1 aromatic carbocycles. The molecule has 2 N–H and O–H groups in total. The highest BCUT2D eigenvalue weighted by Crippen LogP contribution is 2.46. The van der Waals surface area contributed by atoms with Gasteiger partial charge in [-0.05, 0) is 54.4 Å². The molecule has 0 spiro atoms. The van der Waals surface area contributed by atoms with Crippen LogP contribution < -0.4 is 4.74 Å². The van der Waals surface area contributed by atoms with Crippen LogP contribution in [0, 0.1) is 5.92 Å². The third-order valence-corrected chi connectivity index (χ3v) is 7.71. The standard InChI is InChI=1S/C22H27ClO3S/c1-3-15-4-5-16(27-15)9-14-10-18(17-6-7-26-22(17)20(14)23)13-8-12(2)21(25)19(24)11-13/h4-5,10,12-13,19,21,24-25H,3,6-9,11H2,1-2H3/t12?,13?,19?,21-/m1/s1. The van der Waals surface area contributed by atoms with E-state index >= 15 is 0 Å². The smallest absolute Gasteiger partial charge is 0.141 e. The van der Waals surface area contributed by atoms with Crippen molar-refractivity contribution in [2.75, 3.05) is 6.61 Å². The maximum atomic E-state index is 10.3. The summed E-state index contributed by atoms with van der Waals surface area (Å²) in [7, 11) is 0. The lowest BCUT2D eigenvalue weighted by Crippen LogP contribution is -2.39. The predicted molar refractivity (Wildman–Crippen MR) is 110 cm³/mol. The zero-order chi connectivity index (χ0) is 19.1. The van der Waals surface area contributed by atoms with Gasteiger partial charge < -0.3 is 14.9 Å². The predicted octanol–water partition coefficient (Wildman–Crippen LogP) is 4.72. The van der Waals surface area contributed by atoms with Crippen molar-refractivity contribution in [2.45, 2.75) is 64.1 Å². The number of fused-ring (bicyclic) bond motifs is 1. The second-order valence-electron chi connectivity index (χ2n) is 7.95. The molecule has 27 heavy (non-hydrogen) atoms. The number of hydrogen-bond acceptors (Lipinski definition) is 4. The third kappa shape index (κ3) is 3.65. The number of benzene rings is 1. The summed E-state index contributed by atoms with van der Waals surface area (Å²) in [5.41, 5.74) is 3.56. The first kappa shape index (κ1) is 19.3. The van der Waals surface area contributed by atoms with Crippen molar-refractivity contribution >= 4 is 22.9 Å². The summed E-state index contributed by atoms with van der Waals surface area (Å²) in [6.45, 7) is 4.86. The topological polar surface area (TPSA) is 49.7 Å². The molecule has 4 atom stereocenters. The minimum atomic E-state index is -0.666. The molecule has 4 rings (SSSR count). The van der Waals surface area contributed by atoms with E-state index in [1.807, 2.05) is 18.3 Å². The van der Waals surface area contributed by atoms with Gasteiger partial charge in [0.2, 0.25) is 0 Å². The minimum absolute atomic E-state index is 0.0836. The molecule has 1 saturated carbocycles. The largest absolute Gasteiger partial charge is 0.491 e. The van der Waals surface area contributed by atoms with E-state index in [1.54, 1.807) is 0 Å². The van der Waals surface area contributed by atoms with Crippen molar-refractivity contribution in [3.05, 3.63) is 49.7 Å². The first-order chi connectivity index (χ1) is 13.0. The number of halogens is 1. The molecule has 2 heterocycles. The van der Waals surface area contributed by atoms with Crippen molar-refractivity contribution in [2.24, 2.45) is 5.92 Å². The number of thiophene rings is 1. The van der Waals surface area contributed by atoms with Gasteiger partial charge in [0, 0.05) is 28.2 Å². The van der Waals surface area contributed by atoms with Gasteiger partial charge in [-0.1, -0.05) is 31.5 Å². The van der Waals surface area contributed by atoms with E-state index < -0.39 is 12.2 Å². The molecule has 2 aromatic rings. The summed E-state index contributed by atoms with van der Waals surface area (Å²) in [5, 5.41) is 21.2. The van der Waals surface area contributed by atoms with Gasteiger partial charge in [-0.15, -0.1) is 11.3 Å². The molecule has 0 radical (unpaired) electrons. The van der Waals surface area contributed by atoms with Gasteiger partial charge in [-0.25, -0.2) is 0 Å². The minimum Gasteiger partial charge on any atom is -0.491 e. The van der Waals surface area contributed by atoms with Crippen molar-refractivity contribution in [1.82, 2.24) is 0 Å². The van der Waals surface area contributed by atoms with Gasteiger partial charge in [0.25, 0.3) is 0 Å². The highest BCUT2D eigenvalue weighted by molar-refractivity contribution is 7.12. The Hall–Kier alpha value is -1.07. The average Bonchev–Trinajstić information content (AvgIpc) is 3.31. The first-order valence-corrected chi connectivity index (χ1v) is 11.1. The van der Waals surface area contributed by atoms with Crippen LogP contribution in [0.2, 0.25) is 5.02 Å². The summed E-state index contributed by atoms with van der Waals surface area (Å²) in [6.07, 6.45) is 2.91. The van der Waals surface area contributed by atoms with E-state index in [0.29, 0.717) is 13.0 Å². The van der Waals surface area contributed by atoms with Gasteiger partial charge >= 0.3 is 0 Å². The van der Waals surface area contributed by atoms with Crippen LogP contribution in [0.25, 0.3) is 0 Å². The number of ether oxygens (including phenoxy) is 1. The van der Waals surface area contributed by atoms with E-state index in [-0.39, 0.29) is 11.8 Å². The fourth-order valence-electron chi connectivity index (χ4n) is 4.55.